The molecule has 0 bridgehead atoms. The smallest absolute Gasteiger partial charge is 0.251 e. The van der Waals surface area contributed by atoms with Gasteiger partial charge in [0.15, 0.2) is 0 Å². The zero-order valence-electron chi connectivity index (χ0n) is 18.3. The number of hydrogen-bond donors (Lipinski definition) is 4. The summed E-state index contributed by atoms with van der Waals surface area (Å²) in [6.07, 6.45) is 1.83. The number of hydrogen-bond acceptors (Lipinski definition) is 4. The van der Waals surface area contributed by atoms with Crippen LogP contribution in [0.2, 0.25) is 0 Å². The summed E-state index contributed by atoms with van der Waals surface area (Å²) >= 11 is 0. The van der Waals surface area contributed by atoms with Crippen molar-refractivity contribution >= 4 is 34.8 Å². The molecule has 7 nitrogen and oxygen atoms in total. The van der Waals surface area contributed by atoms with Crippen LogP contribution in [-0.4, -0.2) is 23.8 Å². The summed E-state index contributed by atoms with van der Waals surface area (Å²) < 4.78 is 0. The van der Waals surface area contributed by atoms with Gasteiger partial charge in [-0.1, -0.05) is 55.0 Å². The summed E-state index contributed by atoms with van der Waals surface area (Å²) in [5, 5.41) is 8.46. The van der Waals surface area contributed by atoms with Gasteiger partial charge in [-0.3, -0.25) is 14.4 Å². The third kappa shape index (κ3) is 7.50. The number of nitrogens with two attached hydrogens (primary N) is 1. The Morgan fingerprint density at radius 3 is 2.09 bits per heavy atom. The van der Waals surface area contributed by atoms with Crippen LogP contribution in [0, 0.1) is 0 Å². The van der Waals surface area contributed by atoms with E-state index in [0.29, 0.717) is 41.9 Å². The van der Waals surface area contributed by atoms with Crippen LogP contribution in [0.15, 0.2) is 84.9 Å². The topological polar surface area (TPSA) is 113 Å². The lowest BCUT2D eigenvalue weighted by Gasteiger charge is -2.19. The second-order valence-corrected chi connectivity index (χ2v) is 7.63. The zero-order chi connectivity index (χ0) is 23.5. The predicted molar refractivity (Wildman–Crippen MR) is 131 cm³/mol. The number of nitrogens with one attached hydrogen (secondary N) is 3. The van der Waals surface area contributed by atoms with Crippen LogP contribution >= 0.6 is 0 Å². The van der Waals surface area contributed by atoms with Crippen molar-refractivity contribution in [3.05, 3.63) is 90.5 Å². The number of amides is 3. The molecule has 0 fully saturated rings. The Bertz CT molecular complexity index is 1070. The number of anilines is 3. The quantitative estimate of drug-likeness (QED) is 0.277. The summed E-state index contributed by atoms with van der Waals surface area (Å²) in [5.41, 5.74) is 8.08. The van der Waals surface area contributed by atoms with Gasteiger partial charge in [-0.2, -0.15) is 0 Å². The number of unbranched alkanes of at least 4 members (excludes halogenated alkanes) is 1. The van der Waals surface area contributed by atoms with E-state index in [1.54, 1.807) is 60.7 Å². The molecule has 0 radical (unpaired) electrons. The van der Waals surface area contributed by atoms with Crippen LogP contribution in [0.5, 0.6) is 0 Å². The van der Waals surface area contributed by atoms with Crippen molar-refractivity contribution in [2.75, 3.05) is 16.4 Å². The minimum absolute atomic E-state index is 0.147. The minimum Gasteiger partial charge on any atom is -0.397 e. The van der Waals surface area contributed by atoms with Crippen LogP contribution in [0.3, 0.4) is 0 Å². The molecule has 0 aromatic heterocycles. The molecular weight excluding hydrogens is 416 g/mol. The first-order chi connectivity index (χ1) is 16.0. The van der Waals surface area contributed by atoms with Gasteiger partial charge in [0.05, 0.1) is 11.4 Å². The molecule has 1 atom stereocenters. The Kier molecular flexibility index (Phi) is 8.59. The van der Waals surface area contributed by atoms with E-state index in [1.165, 1.54) is 0 Å². The van der Waals surface area contributed by atoms with Crippen LogP contribution in [0.1, 0.15) is 36.0 Å². The van der Waals surface area contributed by atoms with Gasteiger partial charge in [-0.05, 0) is 49.2 Å². The molecular formula is C26H28N4O3. The third-order valence-corrected chi connectivity index (χ3v) is 5.08. The average Bonchev–Trinajstić information content (AvgIpc) is 2.83. The summed E-state index contributed by atoms with van der Waals surface area (Å²) in [6.45, 7) is 0. The van der Waals surface area contributed by atoms with Gasteiger partial charge in [-0.15, -0.1) is 0 Å². The average molecular weight is 445 g/mol. The highest BCUT2D eigenvalue weighted by Crippen LogP contribution is 2.17. The molecule has 3 aromatic rings. The lowest BCUT2D eigenvalue weighted by molar-refractivity contribution is -0.118. The fourth-order valence-electron chi connectivity index (χ4n) is 3.31. The first-order valence-electron chi connectivity index (χ1n) is 10.9. The highest BCUT2D eigenvalue weighted by Gasteiger charge is 2.21. The molecule has 3 aromatic carbocycles. The van der Waals surface area contributed by atoms with Crippen molar-refractivity contribution in [1.82, 2.24) is 5.32 Å². The summed E-state index contributed by atoms with van der Waals surface area (Å²) in [4.78, 5) is 37.7. The predicted octanol–water partition coefficient (Wildman–Crippen LogP) is 4.21. The zero-order valence-corrected chi connectivity index (χ0v) is 18.3. The van der Waals surface area contributed by atoms with Gasteiger partial charge in [0.25, 0.3) is 5.91 Å². The Hall–Kier alpha value is -4.13. The fraction of sp³-hybridized carbons (Fsp3) is 0.192. The van der Waals surface area contributed by atoms with Gasteiger partial charge in [-0.25, -0.2) is 0 Å². The van der Waals surface area contributed by atoms with Crippen LogP contribution in [-0.2, 0) is 9.59 Å². The maximum atomic E-state index is 12.9. The molecule has 0 aliphatic rings. The number of para-hydroxylation sites is 3. The third-order valence-electron chi connectivity index (χ3n) is 5.08. The van der Waals surface area contributed by atoms with E-state index in [1.807, 2.05) is 24.3 Å². The van der Waals surface area contributed by atoms with E-state index < -0.39 is 6.04 Å². The molecule has 5 N–H and O–H groups in total. The minimum atomic E-state index is -0.731. The Balaban J connectivity index is 1.55. The highest BCUT2D eigenvalue weighted by atomic mass is 16.2. The molecule has 170 valence electrons. The summed E-state index contributed by atoms with van der Waals surface area (Å²) in [6, 6.07) is 24.2. The van der Waals surface area contributed by atoms with E-state index in [4.69, 9.17) is 5.73 Å². The van der Waals surface area contributed by atoms with Crippen molar-refractivity contribution < 1.29 is 14.4 Å². The molecule has 0 aliphatic heterocycles. The molecule has 3 amide bonds. The van der Waals surface area contributed by atoms with Crippen molar-refractivity contribution in [2.24, 2.45) is 0 Å². The molecule has 0 heterocycles. The summed E-state index contributed by atoms with van der Waals surface area (Å²) in [5.74, 6) is -0.764. The molecule has 1 unspecified atom stereocenters. The maximum absolute atomic E-state index is 12.9. The van der Waals surface area contributed by atoms with Gasteiger partial charge in [0.2, 0.25) is 11.8 Å². The lowest BCUT2D eigenvalue weighted by atomic mass is 10.1. The Labute approximate surface area is 193 Å². The lowest BCUT2D eigenvalue weighted by Crippen LogP contribution is -2.43. The standard InChI is InChI=1S/C26H28N4O3/c27-21-15-7-8-16-22(21)29-24(31)18-10-9-17-23(26(33)28-20-13-5-2-6-14-20)30-25(32)19-11-3-1-4-12-19/h1-8,11-16,23H,9-10,17-18,27H2,(H,28,33)(H,29,31)(H,30,32). The van der Waals surface area contributed by atoms with Crippen molar-refractivity contribution in [3.63, 3.8) is 0 Å². The number of rotatable bonds is 10. The van der Waals surface area contributed by atoms with E-state index in [-0.39, 0.29) is 24.1 Å². The molecule has 0 saturated carbocycles. The molecule has 0 saturated heterocycles. The summed E-state index contributed by atoms with van der Waals surface area (Å²) in [7, 11) is 0. The van der Waals surface area contributed by atoms with Crippen LogP contribution in [0.4, 0.5) is 17.1 Å². The maximum Gasteiger partial charge on any atom is 0.251 e. The van der Waals surface area contributed by atoms with Gasteiger partial charge >= 0.3 is 0 Å². The van der Waals surface area contributed by atoms with Crippen molar-refractivity contribution in [1.29, 1.82) is 0 Å². The van der Waals surface area contributed by atoms with Crippen molar-refractivity contribution in [2.45, 2.75) is 31.7 Å². The number of nitrogen functional groups attached to an aromatic ring is 1. The molecule has 0 aliphatic carbocycles. The van der Waals surface area contributed by atoms with Crippen LogP contribution in [0.25, 0.3) is 0 Å². The first kappa shape index (κ1) is 23.5. The van der Waals surface area contributed by atoms with Gasteiger partial charge < -0.3 is 21.7 Å². The number of carbonyl (C=O) groups excluding carboxylic acids is 3. The van der Waals surface area contributed by atoms with E-state index in [0.717, 1.165) is 0 Å². The van der Waals surface area contributed by atoms with Crippen molar-refractivity contribution in [3.8, 4) is 0 Å². The van der Waals surface area contributed by atoms with E-state index >= 15 is 0 Å². The molecule has 0 spiro atoms. The SMILES string of the molecule is Nc1ccccc1NC(=O)CCCCC(NC(=O)c1ccccc1)C(=O)Nc1ccccc1. The second-order valence-electron chi connectivity index (χ2n) is 7.63. The van der Waals surface area contributed by atoms with Gasteiger partial charge in [0, 0.05) is 17.7 Å². The number of carbonyl (C=O) groups is 3. The van der Waals surface area contributed by atoms with E-state index in [2.05, 4.69) is 16.0 Å². The first-order valence-corrected chi connectivity index (χ1v) is 10.9. The Morgan fingerprint density at radius 2 is 1.39 bits per heavy atom. The van der Waals surface area contributed by atoms with Crippen LogP contribution < -0.4 is 21.7 Å². The normalized spacial score (nSPS) is 11.3. The highest BCUT2D eigenvalue weighted by molar-refractivity contribution is 6.01. The molecule has 7 heteroatoms. The monoisotopic (exact) mass is 444 g/mol. The number of benzene rings is 3. The van der Waals surface area contributed by atoms with E-state index in [9.17, 15) is 14.4 Å². The molecule has 3 rings (SSSR count). The van der Waals surface area contributed by atoms with Gasteiger partial charge in [0.1, 0.15) is 6.04 Å². The molecule has 33 heavy (non-hydrogen) atoms. The largest absolute Gasteiger partial charge is 0.397 e. The fourth-order valence-corrected chi connectivity index (χ4v) is 3.31. The Morgan fingerprint density at radius 1 is 0.758 bits per heavy atom. The second kappa shape index (κ2) is 12.0.